The molecule has 4 N–H and O–H groups in total. The third-order valence-electron chi connectivity index (χ3n) is 7.77. The number of rotatable bonds is 5. The van der Waals surface area contributed by atoms with Gasteiger partial charge < -0.3 is 29.8 Å². The maximum absolute atomic E-state index is 12.6. The molecule has 0 bridgehead atoms. The predicted molar refractivity (Wildman–Crippen MR) is 145 cm³/mol. The van der Waals surface area contributed by atoms with Gasteiger partial charge >= 0.3 is 17.6 Å². The fourth-order valence-electron chi connectivity index (χ4n) is 5.85. The summed E-state index contributed by atoms with van der Waals surface area (Å²) in [5, 5.41) is 18.3. The van der Waals surface area contributed by atoms with E-state index in [9.17, 15) is 4.79 Å². The normalized spacial score (nSPS) is 17.6. The fourth-order valence-corrected chi connectivity index (χ4v) is 5.85. The van der Waals surface area contributed by atoms with Gasteiger partial charge in [-0.2, -0.15) is 0 Å². The van der Waals surface area contributed by atoms with E-state index < -0.39 is 11.9 Å². The van der Waals surface area contributed by atoms with Crippen molar-refractivity contribution in [2.24, 2.45) is 5.41 Å². The topological polar surface area (TPSA) is 139 Å². The minimum atomic E-state index is -1.82. The largest absolute Gasteiger partial charge is 0.483 e. The molecule has 4 heterocycles. The van der Waals surface area contributed by atoms with Crippen LogP contribution in [0.5, 0.6) is 5.75 Å². The number of imidazole rings is 1. The molecule has 2 aliphatic heterocycles. The molecule has 6 rings (SSSR count). The number of aliphatic carboxylic acids is 2. The Hall–Kier alpha value is -4.31. The van der Waals surface area contributed by atoms with Crippen molar-refractivity contribution in [1.82, 2.24) is 19.4 Å². The number of hydrogen-bond acceptors (Lipinski definition) is 5. The molecule has 1 saturated heterocycles. The molecule has 39 heavy (non-hydrogen) atoms. The Bertz CT molecular complexity index is 1520. The number of benzene rings is 2. The van der Waals surface area contributed by atoms with Crippen LogP contribution in [0, 0.1) is 5.41 Å². The molecule has 10 nitrogen and oxygen atoms in total. The van der Waals surface area contributed by atoms with Crippen molar-refractivity contribution < 1.29 is 24.5 Å². The quantitative estimate of drug-likeness (QED) is 0.288. The number of hydrogen-bond donors (Lipinski definition) is 4. The van der Waals surface area contributed by atoms with Crippen LogP contribution in [-0.2, 0) is 22.7 Å². The van der Waals surface area contributed by atoms with Crippen molar-refractivity contribution in [3.8, 4) is 5.75 Å². The first-order valence-electron chi connectivity index (χ1n) is 13.1. The maximum atomic E-state index is 12.6. The lowest BCUT2D eigenvalue weighted by Crippen LogP contribution is -2.43. The molecule has 1 unspecified atom stereocenters. The molecule has 10 heteroatoms. The summed E-state index contributed by atoms with van der Waals surface area (Å²) in [5.41, 5.74) is 4.37. The molecule has 2 aliphatic rings. The van der Waals surface area contributed by atoms with Gasteiger partial charge in [0.1, 0.15) is 11.9 Å². The summed E-state index contributed by atoms with van der Waals surface area (Å²) in [6.45, 7) is 3.54. The highest BCUT2D eigenvalue weighted by molar-refractivity contribution is 6.27. The Labute approximate surface area is 224 Å². The van der Waals surface area contributed by atoms with E-state index >= 15 is 0 Å². The van der Waals surface area contributed by atoms with Crippen LogP contribution in [0.1, 0.15) is 43.0 Å². The molecule has 4 aromatic rings. The van der Waals surface area contributed by atoms with Crippen molar-refractivity contribution in [3.05, 3.63) is 88.6 Å². The number of piperidine rings is 1. The van der Waals surface area contributed by atoms with Gasteiger partial charge in [-0.3, -0.25) is 4.57 Å². The van der Waals surface area contributed by atoms with Crippen LogP contribution < -0.4 is 15.7 Å². The number of aromatic amines is 1. The first-order chi connectivity index (χ1) is 18.9. The molecule has 0 amide bonds. The third kappa shape index (κ3) is 5.46. The van der Waals surface area contributed by atoms with E-state index in [4.69, 9.17) is 24.5 Å². The van der Waals surface area contributed by atoms with Crippen molar-refractivity contribution in [3.63, 3.8) is 0 Å². The van der Waals surface area contributed by atoms with Gasteiger partial charge in [0.25, 0.3) is 0 Å². The van der Waals surface area contributed by atoms with Crippen molar-refractivity contribution >= 4 is 23.0 Å². The zero-order chi connectivity index (χ0) is 27.4. The number of aryl methyl sites for hydroxylation is 1. The zero-order valence-electron chi connectivity index (χ0n) is 21.5. The Morgan fingerprint density at radius 1 is 0.974 bits per heavy atom. The molecule has 0 saturated carbocycles. The van der Waals surface area contributed by atoms with Gasteiger partial charge in [-0.1, -0.05) is 30.3 Å². The average molecular weight is 533 g/mol. The maximum Gasteiger partial charge on any atom is 0.414 e. The summed E-state index contributed by atoms with van der Waals surface area (Å²) < 4.78 is 11.1. The fraction of sp³-hybridized carbons (Fsp3) is 0.345. The molecule has 0 radical (unpaired) electrons. The van der Waals surface area contributed by atoms with Crippen molar-refractivity contribution in [2.75, 3.05) is 13.1 Å². The van der Waals surface area contributed by atoms with Crippen LogP contribution in [-0.4, -0.2) is 49.4 Å². The lowest BCUT2D eigenvalue weighted by Gasteiger charge is -2.43. The average Bonchev–Trinajstić information content (AvgIpc) is 3.48. The number of H-pyrrole nitrogens is 1. The number of carboxylic acid groups (broad SMARTS) is 2. The second-order valence-corrected chi connectivity index (χ2v) is 10.1. The lowest BCUT2D eigenvalue weighted by molar-refractivity contribution is -0.159. The highest BCUT2D eigenvalue weighted by Gasteiger charge is 2.44. The monoisotopic (exact) mass is 532 g/mol. The summed E-state index contributed by atoms with van der Waals surface area (Å²) in [6.07, 6.45) is 6.25. The van der Waals surface area contributed by atoms with Gasteiger partial charge in [0.15, 0.2) is 0 Å². The molecule has 204 valence electrons. The van der Waals surface area contributed by atoms with E-state index in [1.165, 1.54) is 11.3 Å². The lowest BCUT2D eigenvalue weighted by atomic mass is 9.70. The van der Waals surface area contributed by atoms with Gasteiger partial charge in [-0.25, -0.2) is 14.4 Å². The molecule has 1 fully saturated rings. The highest BCUT2D eigenvalue weighted by Crippen LogP contribution is 2.49. The minimum absolute atomic E-state index is 0.00191. The number of fused-ring (bicyclic) bond motifs is 3. The van der Waals surface area contributed by atoms with E-state index in [-0.39, 0.29) is 17.2 Å². The number of ether oxygens (including phenoxy) is 1. The molecule has 1 atom stereocenters. The number of carbonyl (C=O) groups is 2. The van der Waals surface area contributed by atoms with Crippen LogP contribution >= 0.6 is 0 Å². The molecule has 2 aromatic heterocycles. The van der Waals surface area contributed by atoms with Crippen LogP contribution in [0.4, 0.5) is 0 Å². The van der Waals surface area contributed by atoms with Crippen molar-refractivity contribution in [1.29, 1.82) is 0 Å². The van der Waals surface area contributed by atoms with E-state index in [2.05, 4.69) is 57.5 Å². The van der Waals surface area contributed by atoms with Gasteiger partial charge in [-0.05, 0) is 69.1 Å². The number of nitrogens with one attached hydrogen (secondary N) is 2. The van der Waals surface area contributed by atoms with Gasteiger partial charge in [0, 0.05) is 23.7 Å². The van der Waals surface area contributed by atoms with Crippen LogP contribution in [0.2, 0.25) is 0 Å². The molecular formula is C29H32N4O6. The first kappa shape index (κ1) is 26.3. The minimum Gasteiger partial charge on any atom is -0.483 e. The summed E-state index contributed by atoms with van der Waals surface area (Å²) >= 11 is 0. The van der Waals surface area contributed by atoms with Gasteiger partial charge in [0.05, 0.1) is 23.3 Å². The Morgan fingerprint density at radius 2 is 1.69 bits per heavy atom. The molecule has 0 spiro atoms. The second kappa shape index (κ2) is 11.2. The summed E-state index contributed by atoms with van der Waals surface area (Å²) in [7, 11) is 0. The first-order valence-corrected chi connectivity index (χ1v) is 13.1. The van der Waals surface area contributed by atoms with Crippen LogP contribution in [0.25, 0.3) is 11.0 Å². The second-order valence-electron chi connectivity index (χ2n) is 10.1. The Balaban J connectivity index is 0.000000465. The number of para-hydroxylation sites is 3. The SMILES string of the molecule is O=C(O)C(=O)O.O=c1[nH]c2ccccc2n1CCCC1(C2Oc3ccccc3Cn3cccc32)CCNCC1. The third-order valence-corrected chi connectivity index (χ3v) is 7.77. The number of aromatic nitrogens is 3. The summed E-state index contributed by atoms with van der Waals surface area (Å²) in [4.78, 5) is 33.8. The van der Waals surface area contributed by atoms with Gasteiger partial charge in [-0.15, -0.1) is 0 Å². The summed E-state index contributed by atoms with van der Waals surface area (Å²) in [6, 6.07) is 20.7. The molecule has 2 aromatic carbocycles. The Kier molecular flexibility index (Phi) is 7.56. The number of nitrogens with zero attached hydrogens (tertiary/aromatic N) is 2. The van der Waals surface area contributed by atoms with E-state index in [0.717, 1.165) is 62.1 Å². The van der Waals surface area contributed by atoms with Gasteiger partial charge in [0.2, 0.25) is 0 Å². The van der Waals surface area contributed by atoms with Crippen molar-refractivity contribution in [2.45, 2.75) is 44.9 Å². The standard InChI is InChI=1S/C27H30N4O2.C2H2O4/c32-26-29-21-8-2-3-9-22(21)31(26)18-6-12-27(13-15-28-16-14-27)25-23-10-5-17-30(23)19-20-7-1-4-11-24(20)33-25;3-1(4)2(5)6/h1-5,7-11,17,25,28H,6,12-16,18-19H2,(H,29,32);(H,3,4)(H,5,6). The Morgan fingerprint density at radius 3 is 2.46 bits per heavy atom. The zero-order valence-corrected chi connectivity index (χ0v) is 21.5. The van der Waals surface area contributed by atoms with E-state index in [0.29, 0.717) is 6.54 Å². The summed E-state index contributed by atoms with van der Waals surface area (Å²) in [5.74, 6) is -2.65. The van der Waals surface area contributed by atoms with E-state index in [1.807, 2.05) is 28.8 Å². The molecular weight excluding hydrogens is 500 g/mol. The highest BCUT2D eigenvalue weighted by atomic mass is 16.5. The van der Waals surface area contributed by atoms with Crippen LogP contribution in [0.3, 0.4) is 0 Å². The van der Waals surface area contributed by atoms with E-state index in [1.54, 1.807) is 0 Å². The number of carboxylic acids is 2. The molecule has 0 aliphatic carbocycles. The smallest absolute Gasteiger partial charge is 0.414 e. The predicted octanol–water partition coefficient (Wildman–Crippen LogP) is 3.62. The van der Waals surface area contributed by atoms with Crippen LogP contribution in [0.15, 0.2) is 71.7 Å².